The van der Waals surface area contributed by atoms with Crippen LogP contribution in [0.4, 0.5) is 20.6 Å². The standard InChI is InChI=1S/C19H26FN5.C4H10FNO/c1-13(2)11-23-19-21-9-8-17(25-19)15-10-18(22-12-16(15)20)24-14-6-4-3-5-7-14;1-6(5)3-4-7-2/h8-10,12-14H,3-7,11H2,1-2H3,(H,22,24)(H,21,23,25);3-4H2,1-2H3. The molecule has 2 heterocycles. The van der Waals surface area contributed by atoms with Crippen molar-refractivity contribution >= 4 is 11.8 Å². The molecule has 1 aliphatic rings. The molecule has 0 radical (unpaired) electrons. The first-order chi connectivity index (χ1) is 15.4. The number of nitrogens with zero attached hydrogens (tertiary/aromatic N) is 4. The van der Waals surface area contributed by atoms with Gasteiger partial charge in [0.25, 0.3) is 0 Å². The van der Waals surface area contributed by atoms with Gasteiger partial charge >= 0.3 is 0 Å². The summed E-state index contributed by atoms with van der Waals surface area (Å²) in [4.78, 5) is 12.8. The molecule has 2 aromatic heterocycles. The van der Waals surface area contributed by atoms with Crippen LogP contribution in [0, 0.1) is 11.7 Å². The number of ether oxygens (including phenoxy) is 1. The predicted molar refractivity (Wildman–Crippen MR) is 125 cm³/mol. The molecule has 0 amide bonds. The smallest absolute Gasteiger partial charge is 0.223 e. The normalized spacial score (nSPS) is 14.2. The van der Waals surface area contributed by atoms with Gasteiger partial charge in [-0.3, -0.25) is 0 Å². The summed E-state index contributed by atoms with van der Waals surface area (Å²) in [7, 11) is 2.91. The topological polar surface area (TPSA) is 75.2 Å². The Kier molecular flexibility index (Phi) is 11.2. The second kappa shape index (κ2) is 13.9. The molecular formula is C23H36F2N6O. The van der Waals surface area contributed by atoms with Gasteiger partial charge in [0.1, 0.15) is 5.82 Å². The summed E-state index contributed by atoms with van der Waals surface area (Å²) >= 11 is 0. The summed E-state index contributed by atoms with van der Waals surface area (Å²) in [6.45, 7) is 5.80. The minimum Gasteiger partial charge on any atom is -0.383 e. The SMILES string of the molecule is CC(C)CNc1nccc(-c2cc(NC3CCCCC3)ncc2F)n1.COCCN(C)F. The summed E-state index contributed by atoms with van der Waals surface area (Å²) in [5.74, 6) is 1.33. The molecule has 1 saturated carbocycles. The van der Waals surface area contributed by atoms with E-state index in [1.54, 1.807) is 25.4 Å². The van der Waals surface area contributed by atoms with Crippen molar-refractivity contribution in [1.29, 1.82) is 0 Å². The Hall–Kier alpha value is -2.39. The Morgan fingerprint density at radius 2 is 1.97 bits per heavy atom. The van der Waals surface area contributed by atoms with Gasteiger partial charge < -0.3 is 15.4 Å². The fourth-order valence-electron chi connectivity index (χ4n) is 3.28. The number of hydrogen-bond acceptors (Lipinski definition) is 7. The summed E-state index contributed by atoms with van der Waals surface area (Å²) in [6, 6.07) is 3.90. The highest BCUT2D eigenvalue weighted by Gasteiger charge is 2.15. The Morgan fingerprint density at radius 1 is 1.22 bits per heavy atom. The second-order valence-electron chi connectivity index (χ2n) is 8.39. The average molecular weight is 451 g/mol. The average Bonchev–Trinajstić information content (AvgIpc) is 2.79. The van der Waals surface area contributed by atoms with Crippen LogP contribution >= 0.6 is 0 Å². The fourth-order valence-corrected chi connectivity index (χ4v) is 3.28. The number of hydrogen-bond donors (Lipinski definition) is 2. The largest absolute Gasteiger partial charge is 0.383 e. The van der Waals surface area contributed by atoms with Crippen LogP contribution in [0.3, 0.4) is 0 Å². The van der Waals surface area contributed by atoms with Crippen molar-refractivity contribution in [3.05, 3.63) is 30.3 Å². The van der Waals surface area contributed by atoms with Gasteiger partial charge in [-0.25, -0.2) is 19.3 Å². The third-order valence-corrected chi connectivity index (χ3v) is 5.02. The lowest BCUT2D eigenvalue weighted by Gasteiger charge is -2.23. The Labute approximate surface area is 189 Å². The zero-order chi connectivity index (χ0) is 23.3. The first kappa shape index (κ1) is 25.9. The lowest BCUT2D eigenvalue weighted by Crippen LogP contribution is -2.22. The molecule has 2 aromatic rings. The van der Waals surface area contributed by atoms with Crippen molar-refractivity contribution in [2.24, 2.45) is 5.92 Å². The summed E-state index contributed by atoms with van der Waals surface area (Å²) in [5, 5.41) is 7.20. The van der Waals surface area contributed by atoms with Crippen molar-refractivity contribution in [1.82, 2.24) is 20.1 Å². The molecule has 0 atom stereocenters. The van der Waals surface area contributed by atoms with Gasteiger partial charge in [-0.15, -0.1) is 9.60 Å². The molecule has 32 heavy (non-hydrogen) atoms. The molecule has 3 rings (SSSR count). The van der Waals surface area contributed by atoms with E-state index in [4.69, 9.17) is 0 Å². The van der Waals surface area contributed by atoms with Gasteiger partial charge in [-0.2, -0.15) is 0 Å². The van der Waals surface area contributed by atoms with E-state index in [1.165, 1.54) is 32.5 Å². The molecule has 1 fully saturated rings. The van der Waals surface area contributed by atoms with Crippen molar-refractivity contribution in [3.8, 4) is 11.3 Å². The minimum absolute atomic E-state index is 0.344. The molecule has 178 valence electrons. The molecule has 0 bridgehead atoms. The van der Waals surface area contributed by atoms with Crippen LogP contribution in [0.15, 0.2) is 24.5 Å². The van der Waals surface area contributed by atoms with Crippen LogP contribution < -0.4 is 10.6 Å². The highest BCUT2D eigenvalue weighted by Crippen LogP contribution is 2.26. The maximum Gasteiger partial charge on any atom is 0.223 e. The van der Waals surface area contributed by atoms with Crippen LogP contribution in [-0.2, 0) is 4.74 Å². The molecule has 7 nitrogen and oxygen atoms in total. The number of rotatable bonds is 9. The van der Waals surface area contributed by atoms with E-state index < -0.39 is 0 Å². The van der Waals surface area contributed by atoms with Gasteiger partial charge in [0.15, 0.2) is 5.82 Å². The maximum absolute atomic E-state index is 14.3. The summed E-state index contributed by atoms with van der Waals surface area (Å²) in [6.07, 6.45) is 8.98. The van der Waals surface area contributed by atoms with Gasteiger partial charge in [0.05, 0.1) is 25.0 Å². The summed E-state index contributed by atoms with van der Waals surface area (Å²) < 4.78 is 30.5. The molecule has 0 aromatic carbocycles. The van der Waals surface area contributed by atoms with Gasteiger partial charge in [0, 0.05) is 38.5 Å². The van der Waals surface area contributed by atoms with Crippen LogP contribution in [0.2, 0.25) is 0 Å². The number of likely N-dealkylation sites (N-methyl/N-ethyl adjacent to an activating group) is 1. The first-order valence-electron chi connectivity index (χ1n) is 11.2. The van der Waals surface area contributed by atoms with E-state index in [2.05, 4.69) is 44.2 Å². The Balaban J connectivity index is 0.000000451. The molecule has 0 spiro atoms. The van der Waals surface area contributed by atoms with Crippen LogP contribution in [0.1, 0.15) is 46.0 Å². The van der Waals surface area contributed by atoms with Crippen molar-refractivity contribution in [2.75, 3.05) is 44.5 Å². The Morgan fingerprint density at radius 3 is 2.59 bits per heavy atom. The number of anilines is 2. The number of halogens is 2. The molecule has 2 N–H and O–H groups in total. The van der Waals surface area contributed by atoms with Gasteiger partial charge in [0.2, 0.25) is 5.95 Å². The maximum atomic E-state index is 14.3. The highest BCUT2D eigenvalue weighted by atomic mass is 19.2. The van der Waals surface area contributed by atoms with Crippen LogP contribution in [-0.4, -0.2) is 60.0 Å². The molecule has 1 aliphatic carbocycles. The van der Waals surface area contributed by atoms with Crippen molar-refractivity contribution < 1.29 is 13.6 Å². The molecule has 9 heteroatoms. The fraction of sp³-hybridized carbons (Fsp3) is 0.609. The highest BCUT2D eigenvalue weighted by molar-refractivity contribution is 5.64. The second-order valence-corrected chi connectivity index (χ2v) is 8.39. The number of methoxy groups -OCH3 is 1. The zero-order valence-corrected chi connectivity index (χ0v) is 19.6. The number of aromatic nitrogens is 3. The lowest BCUT2D eigenvalue weighted by atomic mass is 9.95. The molecular weight excluding hydrogens is 414 g/mol. The Bertz CT molecular complexity index is 800. The first-order valence-corrected chi connectivity index (χ1v) is 11.2. The van der Waals surface area contributed by atoms with E-state index >= 15 is 0 Å². The van der Waals surface area contributed by atoms with E-state index in [0.29, 0.717) is 53.3 Å². The van der Waals surface area contributed by atoms with E-state index in [0.717, 1.165) is 19.4 Å². The predicted octanol–water partition coefficient (Wildman–Crippen LogP) is 4.94. The van der Waals surface area contributed by atoms with E-state index in [9.17, 15) is 8.87 Å². The minimum atomic E-state index is -0.372. The third kappa shape index (κ3) is 9.40. The summed E-state index contributed by atoms with van der Waals surface area (Å²) in [5.41, 5.74) is 1.01. The van der Waals surface area contributed by atoms with Gasteiger partial charge in [-0.05, 0) is 30.9 Å². The van der Waals surface area contributed by atoms with E-state index in [-0.39, 0.29) is 5.82 Å². The van der Waals surface area contributed by atoms with Crippen molar-refractivity contribution in [3.63, 3.8) is 0 Å². The molecule has 0 saturated heterocycles. The van der Waals surface area contributed by atoms with Crippen LogP contribution in [0.25, 0.3) is 11.3 Å². The van der Waals surface area contributed by atoms with Gasteiger partial charge in [-0.1, -0.05) is 33.1 Å². The van der Waals surface area contributed by atoms with Crippen molar-refractivity contribution in [2.45, 2.75) is 52.0 Å². The third-order valence-electron chi connectivity index (χ3n) is 5.02. The zero-order valence-electron chi connectivity index (χ0n) is 19.6. The monoisotopic (exact) mass is 450 g/mol. The molecule has 0 aliphatic heterocycles. The van der Waals surface area contributed by atoms with E-state index in [1.807, 2.05) is 0 Å². The number of nitrogens with one attached hydrogen (secondary N) is 2. The van der Waals surface area contributed by atoms with Crippen LogP contribution in [0.5, 0.6) is 0 Å². The molecule has 0 unspecified atom stereocenters. The number of pyridine rings is 1. The lowest BCUT2D eigenvalue weighted by molar-refractivity contribution is 0.0300. The quantitative estimate of drug-likeness (QED) is 0.524.